The summed E-state index contributed by atoms with van der Waals surface area (Å²) in [5.41, 5.74) is 10.2. The highest BCUT2D eigenvalue weighted by molar-refractivity contribution is 9.09. The third-order valence-electron chi connectivity index (χ3n) is 6.64. The summed E-state index contributed by atoms with van der Waals surface area (Å²) >= 11 is 6.44. The molecule has 0 atom stereocenters. The van der Waals surface area contributed by atoms with Crippen molar-refractivity contribution < 1.29 is 28.4 Å². The summed E-state index contributed by atoms with van der Waals surface area (Å²) < 4.78 is 32.7. The number of ether oxygens (including phenoxy) is 6. The number of nitrogens with zero attached hydrogens (tertiary/aromatic N) is 5. The molecule has 0 saturated carbocycles. The number of fused-ring (bicyclic) bond motifs is 1. The molecule has 0 radical (unpaired) electrons. The first-order chi connectivity index (χ1) is 23.8. The van der Waals surface area contributed by atoms with Gasteiger partial charge in [-0.15, -0.1) is 0 Å². The number of rotatable bonds is 13. The lowest BCUT2D eigenvalue weighted by molar-refractivity contribution is -0.0834. The number of halogens is 1. The average molecular weight is 776 g/mol. The Balaban J connectivity index is 0.000000224. The summed E-state index contributed by atoms with van der Waals surface area (Å²) in [5, 5.41) is 2.33. The van der Waals surface area contributed by atoms with Crippen molar-refractivity contribution in [2.24, 2.45) is 0 Å². The van der Waals surface area contributed by atoms with Crippen LogP contribution in [0.25, 0.3) is 28.2 Å². The quantitative estimate of drug-likeness (QED) is 0.0552. The van der Waals surface area contributed by atoms with E-state index in [4.69, 9.17) is 39.1 Å². The first-order valence-corrected chi connectivity index (χ1v) is 18.2. The summed E-state index contributed by atoms with van der Waals surface area (Å²) in [6.45, 7) is 4.16. The fourth-order valence-corrected chi connectivity index (χ4v) is 6.11. The molecule has 264 valence electrons. The molecule has 0 saturated heterocycles. The maximum absolute atomic E-state index is 5.83. The number of nitrogens with two attached hydrogens (primary N) is 1. The van der Waals surface area contributed by atoms with Gasteiger partial charge < -0.3 is 34.2 Å². The Labute approximate surface area is 304 Å². The maximum atomic E-state index is 5.83. The molecule has 15 heteroatoms. The van der Waals surface area contributed by atoms with Gasteiger partial charge in [-0.1, -0.05) is 53.3 Å². The van der Waals surface area contributed by atoms with E-state index in [9.17, 15) is 0 Å². The number of aromatic nitrogens is 5. The standard InChI is InChI=1S/C16H17N3O2S.C14H17N3O2S.C4H9BrO2/c1-4-22-16-18-12(10-15-17-7-8-19(15)16)11-5-6-13(20-2)14(9-11)21-3;1-4-20-14-16-10(8-13(15)17-14)9-5-6-11(18-2)12(7-9)19-3;1-6-4(3-5)7-2/h5-10H,4H2,1-3H3;5-8H,4H2,1-3H3,(H2,15,16,17);4H,3H2,1-2H3. The number of methoxy groups -OCH3 is 6. The van der Waals surface area contributed by atoms with Gasteiger partial charge in [-0.3, -0.25) is 4.40 Å². The lowest BCUT2D eigenvalue weighted by Gasteiger charge is -2.11. The van der Waals surface area contributed by atoms with Crippen LogP contribution in [0.5, 0.6) is 23.0 Å². The van der Waals surface area contributed by atoms with Crippen LogP contribution in [0.1, 0.15) is 13.8 Å². The SMILES string of the molecule is CCSc1nc(-c2ccc(OC)c(OC)c2)cc2nccn12.CCSc1nc(N)cc(-c2ccc(OC)c(OC)c2)n1.COC(CBr)OC. The molecule has 2 aromatic carbocycles. The van der Waals surface area contributed by atoms with Crippen LogP contribution in [0.4, 0.5) is 5.82 Å². The second-order valence-electron chi connectivity index (χ2n) is 9.60. The Morgan fingerprint density at radius 3 is 1.73 bits per heavy atom. The van der Waals surface area contributed by atoms with E-state index >= 15 is 0 Å². The zero-order valence-electron chi connectivity index (χ0n) is 28.9. The molecule has 0 aliphatic carbocycles. The van der Waals surface area contributed by atoms with Crippen LogP contribution in [-0.2, 0) is 9.47 Å². The van der Waals surface area contributed by atoms with E-state index in [0.717, 1.165) is 50.2 Å². The van der Waals surface area contributed by atoms with Gasteiger partial charge in [0.2, 0.25) is 0 Å². The second-order valence-corrected chi connectivity index (χ2v) is 12.7. The van der Waals surface area contributed by atoms with Gasteiger partial charge in [0, 0.05) is 49.9 Å². The van der Waals surface area contributed by atoms with Crippen molar-refractivity contribution in [3.05, 3.63) is 60.9 Å². The third-order valence-corrected chi connectivity index (χ3v) is 8.73. The van der Waals surface area contributed by atoms with Crippen LogP contribution >= 0.6 is 39.5 Å². The Morgan fingerprint density at radius 2 is 1.27 bits per heavy atom. The van der Waals surface area contributed by atoms with E-state index < -0.39 is 0 Å². The lowest BCUT2D eigenvalue weighted by atomic mass is 10.1. The van der Waals surface area contributed by atoms with Gasteiger partial charge in [0.25, 0.3) is 0 Å². The number of thioether (sulfide) groups is 2. The smallest absolute Gasteiger partial charge is 0.190 e. The molecule has 0 aliphatic heterocycles. The van der Waals surface area contributed by atoms with Crippen molar-refractivity contribution in [3.63, 3.8) is 0 Å². The van der Waals surface area contributed by atoms with Crippen molar-refractivity contribution in [2.75, 3.05) is 65.2 Å². The number of anilines is 1. The molecule has 12 nitrogen and oxygen atoms in total. The molecule has 3 aromatic heterocycles. The van der Waals surface area contributed by atoms with E-state index in [1.165, 1.54) is 0 Å². The van der Waals surface area contributed by atoms with Gasteiger partial charge >= 0.3 is 0 Å². The van der Waals surface area contributed by atoms with Crippen LogP contribution in [-0.4, -0.2) is 90.1 Å². The van der Waals surface area contributed by atoms with E-state index in [-0.39, 0.29) is 6.29 Å². The summed E-state index contributed by atoms with van der Waals surface area (Å²) in [6.07, 6.45) is 3.62. The van der Waals surface area contributed by atoms with Crippen LogP contribution in [0.2, 0.25) is 0 Å². The molecular formula is C34H43BrN6O6S2. The number of hydrogen-bond acceptors (Lipinski definition) is 13. The first kappa shape index (κ1) is 39.7. The lowest BCUT2D eigenvalue weighted by Crippen LogP contribution is -2.13. The predicted molar refractivity (Wildman–Crippen MR) is 201 cm³/mol. The van der Waals surface area contributed by atoms with Gasteiger partial charge in [0.15, 0.2) is 39.6 Å². The van der Waals surface area contributed by atoms with Crippen LogP contribution < -0.4 is 24.7 Å². The highest BCUT2D eigenvalue weighted by Gasteiger charge is 2.12. The van der Waals surface area contributed by atoms with E-state index in [1.807, 2.05) is 60.0 Å². The number of nitrogen functional groups attached to an aromatic ring is 1. The van der Waals surface area contributed by atoms with Gasteiger partial charge in [-0.25, -0.2) is 19.9 Å². The molecule has 5 rings (SSSR count). The molecule has 49 heavy (non-hydrogen) atoms. The maximum Gasteiger partial charge on any atom is 0.190 e. The highest BCUT2D eigenvalue weighted by Crippen LogP contribution is 2.34. The summed E-state index contributed by atoms with van der Waals surface area (Å²) in [6, 6.07) is 15.2. The molecule has 5 aromatic rings. The molecule has 0 bridgehead atoms. The zero-order valence-corrected chi connectivity index (χ0v) is 32.1. The van der Waals surface area contributed by atoms with Crippen LogP contribution in [0.15, 0.2) is 71.2 Å². The van der Waals surface area contributed by atoms with E-state index in [0.29, 0.717) is 34.0 Å². The first-order valence-electron chi connectivity index (χ1n) is 15.1. The minimum absolute atomic E-state index is 0.0972. The van der Waals surface area contributed by atoms with Crippen LogP contribution in [0.3, 0.4) is 0 Å². The zero-order chi connectivity index (χ0) is 35.8. The molecule has 0 amide bonds. The molecule has 0 aliphatic rings. The number of benzene rings is 2. The van der Waals surface area contributed by atoms with Crippen LogP contribution in [0, 0.1) is 0 Å². The normalized spacial score (nSPS) is 10.6. The average Bonchev–Trinajstić information content (AvgIpc) is 3.61. The monoisotopic (exact) mass is 774 g/mol. The van der Waals surface area contributed by atoms with E-state index in [1.54, 1.807) is 78.4 Å². The molecule has 0 unspecified atom stereocenters. The van der Waals surface area contributed by atoms with Crippen molar-refractivity contribution in [1.29, 1.82) is 0 Å². The Morgan fingerprint density at radius 1 is 0.714 bits per heavy atom. The minimum Gasteiger partial charge on any atom is -0.493 e. The van der Waals surface area contributed by atoms with Crippen molar-refractivity contribution in [2.45, 2.75) is 30.5 Å². The number of alkyl halides is 1. The summed E-state index contributed by atoms with van der Waals surface area (Å²) in [4.78, 5) is 17.8. The number of hydrogen-bond donors (Lipinski definition) is 1. The molecule has 3 heterocycles. The van der Waals surface area contributed by atoms with Crippen molar-refractivity contribution >= 4 is 50.9 Å². The summed E-state index contributed by atoms with van der Waals surface area (Å²) in [5.74, 6) is 5.05. The molecule has 0 spiro atoms. The molecule has 2 N–H and O–H groups in total. The predicted octanol–water partition coefficient (Wildman–Crippen LogP) is 7.38. The fourth-order valence-electron chi connectivity index (χ4n) is 4.27. The highest BCUT2D eigenvalue weighted by atomic mass is 79.9. The summed E-state index contributed by atoms with van der Waals surface area (Å²) in [7, 11) is 9.68. The Kier molecular flexibility index (Phi) is 16.7. The molecular weight excluding hydrogens is 732 g/mol. The van der Waals surface area contributed by atoms with Gasteiger partial charge in [-0.2, -0.15) is 0 Å². The van der Waals surface area contributed by atoms with Crippen molar-refractivity contribution in [3.8, 4) is 45.5 Å². The minimum atomic E-state index is -0.0972. The molecule has 0 fully saturated rings. The number of imidazole rings is 1. The third kappa shape index (κ3) is 11.1. The van der Waals surface area contributed by atoms with Gasteiger partial charge in [0.05, 0.1) is 45.2 Å². The Hall–Kier alpha value is -3.76. The van der Waals surface area contributed by atoms with Gasteiger partial charge in [-0.05, 0) is 47.9 Å². The topological polar surface area (TPSA) is 137 Å². The van der Waals surface area contributed by atoms with Gasteiger partial charge in [0.1, 0.15) is 11.5 Å². The fraction of sp³-hybridized carbons (Fsp3) is 0.353. The van der Waals surface area contributed by atoms with Crippen molar-refractivity contribution in [1.82, 2.24) is 24.3 Å². The van der Waals surface area contributed by atoms with E-state index in [2.05, 4.69) is 37.8 Å². The Bertz CT molecular complexity index is 1750. The largest absolute Gasteiger partial charge is 0.493 e. The second kappa shape index (κ2) is 20.7.